The fraction of sp³-hybridized carbons (Fsp3) is 0.148. The van der Waals surface area contributed by atoms with Gasteiger partial charge in [0.1, 0.15) is 0 Å². The standard InChI is InChI=1S/C27H23ClN4OS/c1-17-11-13-20(14-12-17)24-23(26-30-25(31-33-26)21-9-6-10-22(28)15-21)18(2)32(27(34)29-24)16-19-7-4-3-5-8-19/h3-15,24H,16H2,1-2H3,(H,29,34). The van der Waals surface area contributed by atoms with Crippen molar-refractivity contribution in [2.45, 2.75) is 26.4 Å². The van der Waals surface area contributed by atoms with Gasteiger partial charge in [0, 0.05) is 22.8 Å². The van der Waals surface area contributed by atoms with E-state index in [4.69, 9.17) is 33.3 Å². The molecule has 1 aromatic heterocycles. The lowest BCUT2D eigenvalue weighted by molar-refractivity contribution is 0.396. The lowest BCUT2D eigenvalue weighted by Gasteiger charge is -2.37. The first-order valence-corrected chi connectivity index (χ1v) is 11.8. The molecule has 3 aromatic carbocycles. The van der Waals surface area contributed by atoms with Crippen LogP contribution in [-0.4, -0.2) is 20.2 Å². The van der Waals surface area contributed by atoms with Crippen LogP contribution in [-0.2, 0) is 6.54 Å². The fourth-order valence-electron chi connectivity index (χ4n) is 4.10. The quantitative estimate of drug-likeness (QED) is 0.322. The Morgan fingerprint density at radius 1 is 1.00 bits per heavy atom. The first-order valence-electron chi connectivity index (χ1n) is 11.0. The summed E-state index contributed by atoms with van der Waals surface area (Å²) < 4.78 is 5.81. The van der Waals surface area contributed by atoms with Gasteiger partial charge in [0.15, 0.2) is 5.11 Å². The summed E-state index contributed by atoms with van der Waals surface area (Å²) in [4.78, 5) is 6.83. The molecule has 0 fully saturated rings. The van der Waals surface area contributed by atoms with Crippen LogP contribution in [0.15, 0.2) is 89.1 Å². The van der Waals surface area contributed by atoms with Crippen LogP contribution in [0.2, 0.25) is 5.02 Å². The Bertz CT molecular complexity index is 1360. The third kappa shape index (κ3) is 4.47. The van der Waals surface area contributed by atoms with Crippen molar-refractivity contribution in [2.24, 2.45) is 0 Å². The summed E-state index contributed by atoms with van der Waals surface area (Å²) >= 11 is 12.0. The molecule has 34 heavy (non-hydrogen) atoms. The molecule has 0 amide bonds. The maximum atomic E-state index is 6.18. The number of nitrogens with zero attached hydrogens (tertiary/aromatic N) is 3. The summed E-state index contributed by atoms with van der Waals surface area (Å²) in [5.74, 6) is 0.939. The van der Waals surface area contributed by atoms with E-state index in [1.807, 2.05) is 42.5 Å². The van der Waals surface area contributed by atoms with Crippen molar-refractivity contribution in [1.29, 1.82) is 0 Å². The second-order valence-electron chi connectivity index (χ2n) is 8.30. The zero-order valence-corrected chi connectivity index (χ0v) is 20.4. The Labute approximate surface area is 209 Å². The van der Waals surface area contributed by atoms with Crippen LogP contribution < -0.4 is 5.32 Å². The summed E-state index contributed by atoms with van der Waals surface area (Å²) in [6, 6.07) is 25.8. The van der Waals surface area contributed by atoms with E-state index < -0.39 is 0 Å². The number of halogens is 1. The number of thiocarbonyl (C=S) groups is 1. The highest BCUT2D eigenvalue weighted by atomic mass is 35.5. The molecule has 7 heteroatoms. The van der Waals surface area contributed by atoms with Crippen molar-refractivity contribution in [3.63, 3.8) is 0 Å². The summed E-state index contributed by atoms with van der Waals surface area (Å²) in [7, 11) is 0. The molecule has 170 valence electrons. The number of hydrogen-bond acceptors (Lipinski definition) is 4. The number of hydrogen-bond donors (Lipinski definition) is 1. The van der Waals surface area contributed by atoms with Gasteiger partial charge in [-0.3, -0.25) is 0 Å². The third-order valence-electron chi connectivity index (χ3n) is 5.93. The van der Waals surface area contributed by atoms with Gasteiger partial charge in [-0.2, -0.15) is 4.98 Å². The van der Waals surface area contributed by atoms with Crippen molar-refractivity contribution in [3.8, 4) is 11.4 Å². The topological polar surface area (TPSA) is 54.2 Å². The van der Waals surface area contributed by atoms with E-state index in [-0.39, 0.29) is 6.04 Å². The molecule has 0 saturated heterocycles. The largest absolute Gasteiger partial charge is 0.351 e. The number of allylic oxidation sites excluding steroid dienone is 1. The summed E-state index contributed by atoms with van der Waals surface area (Å²) in [5, 5.41) is 9.04. The van der Waals surface area contributed by atoms with Crippen LogP contribution in [0.4, 0.5) is 0 Å². The lowest BCUT2D eigenvalue weighted by atomic mass is 9.94. The predicted octanol–water partition coefficient (Wildman–Crippen LogP) is 6.56. The molecule has 0 spiro atoms. The van der Waals surface area contributed by atoms with Crippen LogP contribution in [0, 0.1) is 6.92 Å². The van der Waals surface area contributed by atoms with Crippen molar-refractivity contribution in [3.05, 3.63) is 112 Å². The van der Waals surface area contributed by atoms with Gasteiger partial charge >= 0.3 is 0 Å². The molecule has 0 radical (unpaired) electrons. The Morgan fingerprint density at radius 2 is 1.76 bits per heavy atom. The van der Waals surface area contributed by atoms with E-state index in [2.05, 4.69) is 65.6 Å². The van der Waals surface area contributed by atoms with E-state index in [1.165, 1.54) is 5.56 Å². The van der Waals surface area contributed by atoms with Gasteiger partial charge in [-0.1, -0.05) is 89.1 Å². The Hall–Kier alpha value is -3.48. The minimum Gasteiger partial charge on any atom is -0.351 e. The van der Waals surface area contributed by atoms with Crippen molar-refractivity contribution >= 4 is 34.5 Å². The number of aromatic nitrogens is 2. The lowest BCUT2D eigenvalue weighted by Crippen LogP contribution is -2.45. The van der Waals surface area contributed by atoms with Gasteiger partial charge in [-0.25, -0.2) is 0 Å². The molecule has 4 aromatic rings. The maximum Gasteiger partial charge on any atom is 0.258 e. The number of benzene rings is 3. The molecule has 2 heterocycles. The van der Waals surface area contributed by atoms with Gasteiger partial charge in [0.25, 0.3) is 5.89 Å². The van der Waals surface area contributed by atoms with Crippen molar-refractivity contribution in [2.75, 3.05) is 0 Å². The second kappa shape index (κ2) is 9.41. The molecule has 1 unspecified atom stereocenters. The number of nitrogens with one attached hydrogen (secondary N) is 1. The molecular formula is C27H23ClN4OS. The third-order valence-corrected chi connectivity index (χ3v) is 6.50. The molecule has 1 aliphatic heterocycles. The molecule has 0 aliphatic carbocycles. The normalized spacial score (nSPS) is 16.0. The van der Waals surface area contributed by atoms with Gasteiger partial charge in [0.2, 0.25) is 5.82 Å². The highest BCUT2D eigenvalue weighted by molar-refractivity contribution is 7.80. The Morgan fingerprint density at radius 3 is 2.50 bits per heavy atom. The highest BCUT2D eigenvalue weighted by Gasteiger charge is 2.34. The smallest absolute Gasteiger partial charge is 0.258 e. The minimum atomic E-state index is -0.215. The molecule has 0 bridgehead atoms. The Kier molecular flexibility index (Phi) is 6.18. The average molecular weight is 487 g/mol. The van der Waals surface area contributed by atoms with Crippen molar-refractivity contribution in [1.82, 2.24) is 20.4 Å². The predicted molar refractivity (Wildman–Crippen MR) is 139 cm³/mol. The molecular weight excluding hydrogens is 464 g/mol. The van der Waals surface area contributed by atoms with Crippen LogP contribution in [0.5, 0.6) is 0 Å². The first-order chi connectivity index (χ1) is 16.5. The van der Waals surface area contributed by atoms with E-state index in [1.54, 1.807) is 0 Å². The van der Waals surface area contributed by atoms with E-state index in [0.717, 1.165) is 28.0 Å². The minimum absolute atomic E-state index is 0.215. The molecule has 5 rings (SSSR count). The molecule has 1 atom stereocenters. The zero-order valence-electron chi connectivity index (χ0n) is 18.8. The Balaban J connectivity index is 1.60. The zero-order chi connectivity index (χ0) is 23.7. The van der Waals surface area contributed by atoms with Crippen LogP contribution in [0.25, 0.3) is 17.0 Å². The maximum absolute atomic E-state index is 6.18. The molecule has 1 aliphatic rings. The van der Waals surface area contributed by atoms with Gasteiger partial charge in [0.05, 0.1) is 11.6 Å². The van der Waals surface area contributed by atoms with E-state index in [0.29, 0.717) is 28.4 Å². The first kappa shape index (κ1) is 22.3. The van der Waals surface area contributed by atoms with Gasteiger partial charge < -0.3 is 14.7 Å². The SMILES string of the molecule is CC1=C(c2nc(-c3cccc(Cl)c3)no2)C(c2ccc(C)cc2)NC(=S)N1Cc1ccccc1. The highest BCUT2D eigenvalue weighted by Crippen LogP contribution is 2.38. The average Bonchev–Trinajstić information content (AvgIpc) is 3.32. The van der Waals surface area contributed by atoms with Crippen LogP contribution in [0.3, 0.4) is 0 Å². The van der Waals surface area contributed by atoms with Gasteiger partial charge in [-0.15, -0.1) is 0 Å². The second-order valence-corrected chi connectivity index (χ2v) is 9.12. The van der Waals surface area contributed by atoms with E-state index in [9.17, 15) is 0 Å². The van der Waals surface area contributed by atoms with Crippen LogP contribution in [0.1, 0.15) is 35.5 Å². The van der Waals surface area contributed by atoms with Gasteiger partial charge in [-0.05, 0) is 49.3 Å². The van der Waals surface area contributed by atoms with Crippen LogP contribution >= 0.6 is 23.8 Å². The number of aryl methyl sites for hydroxylation is 1. The molecule has 1 N–H and O–H groups in total. The monoisotopic (exact) mass is 486 g/mol. The molecule has 0 saturated carbocycles. The summed E-state index contributed by atoms with van der Waals surface area (Å²) in [6.45, 7) is 4.76. The summed E-state index contributed by atoms with van der Waals surface area (Å²) in [5.41, 5.74) is 6.09. The molecule has 5 nitrogen and oxygen atoms in total. The summed E-state index contributed by atoms with van der Waals surface area (Å²) in [6.07, 6.45) is 0. The fourth-order valence-corrected chi connectivity index (χ4v) is 4.61. The van der Waals surface area contributed by atoms with E-state index >= 15 is 0 Å². The van der Waals surface area contributed by atoms with Crippen molar-refractivity contribution < 1.29 is 4.52 Å². The number of rotatable bonds is 5.